The summed E-state index contributed by atoms with van der Waals surface area (Å²) in [4.78, 5) is 20.7. The minimum absolute atomic E-state index is 0.113. The van der Waals surface area contributed by atoms with Crippen molar-refractivity contribution in [3.8, 4) is 0 Å². The first-order valence-electron chi connectivity index (χ1n) is 8.99. The highest BCUT2D eigenvalue weighted by atomic mass is 16.5. The Kier molecular flexibility index (Phi) is 4.64. The lowest BCUT2D eigenvalue weighted by Crippen LogP contribution is -2.27. The van der Waals surface area contributed by atoms with Crippen molar-refractivity contribution in [2.45, 2.75) is 19.5 Å². The molecule has 0 spiro atoms. The van der Waals surface area contributed by atoms with Gasteiger partial charge in [-0.05, 0) is 37.3 Å². The number of H-pyrrole nitrogens is 1. The van der Waals surface area contributed by atoms with Crippen LogP contribution in [-0.4, -0.2) is 34.2 Å². The van der Waals surface area contributed by atoms with E-state index in [1.807, 2.05) is 61.7 Å². The number of imidazole rings is 1. The standard InChI is InChI=1S/C21H22N4O2/c1-14(20-23-17-7-3-4-8-18(17)24-20)22-21(26)16-6-5-9-19-15(16)10-11-25(19)12-13-27-2/h3-11,14H,12-13H2,1-2H3,(H,22,26)(H,23,24)/t14-/m1/s1. The number of aromatic amines is 1. The van der Waals surface area contributed by atoms with Crippen LogP contribution in [-0.2, 0) is 11.3 Å². The first kappa shape index (κ1) is 17.3. The van der Waals surface area contributed by atoms with E-state index < -0.39 is 0 Å². The zero-order valence-electron chi connectivity index (χ0n) is 15.4. The van der Waals surface area contributed by atoms with Crippen LogP contribution in [0.4, 0.5) is 0 Å². The van der Waals surface area contributed by atoms with Gasteiger partial charge in [-0.1, -0.05) is 18.2 Å². The second-order valence-electron chi connectivity index (χ2n) is 6.57. The Hall–Kier alpha value is -3.12. The second kappa shape index (κ2) is 7.25. The van der Waals surface area contributed by atoms with Gasteiger partial charge in [0.2, 0.25) is 0 Å². The Morgan fingerprint density at radius 2 is 2.07 bits per heavy atom. The predicted molar refractivity (Wildman–Crippen MR) is 106 cm³/mol. The Bertz CT molecular complexity index is 1060. The molecule has 2 aromatic heterocycles. The summed E-state index contributed by atoms with van der Waals surface area (Å²) in [6.45, 7) is 3.31. The number of aromatic nitrogens is 3. The van der Waals surface area contributed by atoms with Crippen LogP contribution < -0.4 is 5.32 Å². The maximum absolute atomic E-state index is 12.9. The van der Waals surface area contributed by atoms with E-state index in [1.165, 1.54) is 0 Å². The molecule has 2 aromatic carbocycles. The average Bonchev–Trinajstić information content (AvgIpc) is 3.30. The molecule has 27 heavy (non-hydrogen) atoms. The van der Waals surface area contributed by atoms with Crippen LogP contribution in [0.5, 0.6) is 0 Å². The van der Waals surface area contributed by atoms with Crippen molar-refractivity contribution in [3.63, 3.8) is 0 Å². The number of fused-ring (bicyclic) bond motifs is 2. The minimum Gasteiger partial charge on any atom is -0.383 e. The highest BCUT2D eigenvalue weighted by Gasteiger charge is 2.17. The van der Waals surface area contributed by atoms with E-state index >= 15 is 0 Å². The van der Waals surface area contributed by atoms with Gasteiger partial charge in [0.1, 0.15) is 5.82 Å². The quantitative estimate of drug-likeness (QED) is 0.550. The summed E-state index contributed by atoms with van der Waals surface area (Å²) in [7, 11) is 1.68. The molecule has 2 heterocycles. The number of amides is 1. The number of ether oxygens (including phenoxy) is 1. The van der Waals surface area contributed by atoms with E-state index in [9.17, 15) is 4.79 Å². The van der Waals surface area contributed by atoms with Crippen LogP contribution in [0, 0.1) is 0 Å². The molecule has 1 atom stereocenters. The van der Waals surface area contributed by atoms with Crippen molar-refractivity contribution in [2.75, 3.05) is 13.7 Å². The summed E-state index contributed by atoms with van der Waals surface area (Å²) in [6, 6.07) is 15.4. The van der Waals surface area contributed by atoms with Gasteiger partial charge in [-0.3, -0.25) is 4.79 Å². The summed E-state index contributed by atoms with van der Waals surface area (Å²) in [5, 5.41) is 3.98. The van der Waals surface area contributed by atoms with Crippen LogP contribution in [0.3, 0.4) is 0 Å². The van der Waals surface area contributed by atoms with Crippen molar-refractivity contribution >= 4 is 27.8 Å². The van der Waals surface area contributed by atoms with Crippen molar-refractivity contribution in [3.05, 3.63) is 66.1 Å². The van der Waals surface area contributed by atoms with E-state index in [4.69, 9.17) is 4.74 Å². The fourth-order valence-corrected chi connectivity index (χ4v) is 3.33. The largest absolute Gasteiger partial charge is 0.383 e. The molecular weight excluding hydrogens is 340 g/mol. The van der Waals surface area contributed by atoms with Gasteiger partial charge in [0, 0.05) is 36.3 Å². The number of carbonyl (C=O) groups excluding carboxylic acids is 1. The molecule has 0 bridgehead atoms. The number of carbonyl (C=O) groups is 1. The number of methoxy groups -OCH3 is 1. The number of hydrogen-bond donors (Lipinski definition) is 2. The Morgan fingerprint density at radius 1 is 1.22 bits per heavy atom. The molecule has 138 valence electrons. The number of nitrogens with one attached hydrogen (secondary N) is 2. The molecule has 0 fully saturated rings. The third-order valence-corrected chi connectivity index (χ3v) is 4.76. The van der Waals surface area contributed by atoms with Gasteiger partial charge in [-0.2, -0.15) is 0 Å². The van der Waals surface area contributed by atoms with Gasteiger partial charge < -0.3 is 19.6 Å². The minimum atomic E-state index is -0.226. The molecule has 1 amide bonds. The Balaban J connectivity index is 1.58. The van der Waals surface area contributed by atoms with Gasteiger partial charge in [0.15, 0.2) is 0 Å². The van der Waals surface area contributed by atoms with Crippen LogP contribution in [0.2, 0.25) is 0 Å². The van der Waals surface area contributed by atoms with Gasteiger partial charge in [0.05, 0.1) is 23.7 Å². The van der Waals surface area contributed by atoms with E-state index in [-0.39, 0.29) is 11.9 Å². The Labute approximate surface area is 157 Å². The molecule has 4 rings (SSSR count). The molecule has 0 aliphatic rings. The molecule has 0 saturated carbocycles. The summed E-state index contributed by atoms with van der Waals surface area (Å²) in [6.07, 6.45) is 1.99. The number of rotatable bonds is 6. The van der Waals surface area contributed by atoms with Crippen LogP contribution >= 0.6 is 0 Å². The summed E-state index contributed by atoms with van der Waals surface area (Å²) < 4.78 is 7.25. The van der Waals surface area contributed by atoms with Crippen LogP contribution in [0.1, 0.15) is 29.1 Å². The lowest BCUT2D eigenvalue weighted by molar-refractivity contribution is 0.0940. The third-order valence-electron chi connectivity index (χ3n) is 4.76. The van der Waals surface area contributed by atoms with Crippen molar-refractivity contribution in [1.29, 1.82) is 0 Å². The molecular formula is C21H22N4O2. The van der Waals surface area contributed by atoms with Crippen LogP contribution in [0.25, 0.3) is 21.9 Å². The van der Waals surface area contributed by atoms with Crippen LogP contribution in [0.15, 0.2) is 54.7 Å². The van der Waals surface area contributed by atoms with E-state index in [1.54, 1.807) is 7.11 Å². The van der Waals surface area contributed by atoms with Gasteiger partial charge >= 0.3 is 0 Å². The maximum Gasteiger partial charge on any atom is 0.252 e. The number of para-hydroxylation sites is 2. The predicted octanol–water partition coefficient (Wildman–Crippen LogP) is 3.66. The Morgan fingerprint density at radius 3 is 2.89 bits per heavy atom. The smallest absolute Gasteiger partial charge is 0.252 e. The fourth-order valence-electron chi connectivity index (χ4n) is 3.33. The van der Waals surface area contributed by atoms with Gasteiger partial charge in [-0.25, -0.2) is 4.98 Å². The molecule has 6 nitrogen and oxygen atoms in total. The molecule has 4 aromatic rings. The molecule has 2 N–H and O–H groups in total. The highest BCUT2D eigenvalue weighted by Crippen LogP contribution is 2.22. The van der Waals surface area contributed by atoms with E-state index in [0.29, 0.717) is 12.2 Å². The van der Waals surface area contributed by atoms with E-state index in [0.717, 1.165) is 34.3 Å². The fraction of sp³-hybridized carbons (Fsp3) is 0.238. The van der Waals surface area contributed by atoms with Gasteiger partial charge in [-0.15, -0.1) is 0 Å². The topological polar surface area (TPSA) is 71.9 Å². The number of benzene rings is 2. The van der Waals surface area contributed by atoms with Gasteiger partial charge in [0.25, 0.3) is 5.91 Å². The average molecular weight is 362 g/mol. The monoisotopic (exact) mass is 362 g/mol. The zero-order valence-corrected chi connectivity index (χ0v) is 15.4. The first-order chi connectivity index (χ1) is 13.2. The second-order valence-corrected chi connectivity index (χ2v) is 6.57. The van der Waals surface area contributed by atoms with Crippen molar-refractivity contribution in [1.82, 2.24) is 19.9 Å². The molecule has 0 unspecified atom stereocenters. The van der Waals surface area contributed by atoms with Crippen molar-refractivity contribution in [2.24, 2.45) is 0 Å². The van der Waals surface area contributed by atoms with Crippen molar-refractivity contribution < 1.29 is 9.53 Å². The normalized spacial score (nSPS) is 12.5. The molecule has 0 aliphatic heterocycles. The summed E-state index contributed by atoms with van der Waals surface area (Å²) in [5.74, 6) is 0.632. The first-order valence-corrected chi connectivity index (χ1v) is 8.99. The lowest BCUT2D eigenvalue weighted by atomic mass is 10.1. The molecule has 6 heteroatoms. The van der Waals surface area contributed by atoms with E-state index in [2.05, 4.69) is 19.9 Å². The molecule has 0 saturated heterocycles. The lowest BCUT2D eigenvalue weighted by Gasteiger charge is -2.12. The summed E-state index contributed by atoms with van der Waals surface area (Å²) in [5.41, 5.74) is 3.54. The molecule has 0 radical (unpaired) electrons. The summed E-state index contributed by atoms with van der Waals surface area (Å²) >= 11 is 0. The number of nitrogens with zero attached hydrogens (tertiary/aromatic N) is 2. The third kappa shape index (κ3) is 3.31. The zero-order chi connectivity index (χ0) is 18.8. The maximum atomic E-state index is 12.9. The highest BCUT2D eigenvalue weighted by molar-refractivity contribution is 6.06. The SMILES string of the molecule is COCCn1ccc2c(C(=O)N[C@H](C)c3nc4ccccc4[nH]3)cccc21. The number of hydrogen-bond acceptors (Lipinski definition) is 3. The molecule has 0 aliphatic carbocycles.